The summed E-state index contributed by atoms with van der Waals surface area (Å²) in [7, 11) is 0. The molecule has 146 valence electrons. The number of nitrogens with one attached hydrogen (secondary N) is 3. The van der Waals surface area contributed by atoms with E-state index in [1.165, 1.54) is 18.4 Å². The summed E-state index contributed by atoms with van der Waals surface area (Å²) in [5.41, 5.74) is 7.90. The highest BCUT2D eigenvalue weighted by Crippen LogP contribution is 2.06. The fraction of sp³-hybridized carbons (Fsp3) is 0.750. The van der Waals surface area contributed by atoms with E-state index < -0.39 is 0 Å². The predicted octanol–water partition coefficient (Wildman–Crippen LogP) is 2.49. The van der Waals surface area contributed by atoms with Crippen molar-refractivity contribution in [2.24, 2.45) is 5.73 Å². The first kappa shape index (κ1) is 23.8. The van der Waals surface area contributed by atoms with Gasteiger partial charge in [-0.05, 0) is 92.0 Å². The number of unbranched alkanes of at least 4 members (excludes halogenated alkanes) is 1. The standard InChI is InChI=1S/C20H40N4O/c1-18(2)9-6-10-19(3)17-20(25)24-16-8-15-23-13-5-4-12-22-14-7-11-21/h9,17,22-23H,4-8,10-16,21H2,1-3H3,(H,24,25)/b19-17+. The predicted molar refractivity (Wildman–Crippen MR) is 109 cm³/mol. The Bertz CT molecular complexity index is 387. The molecule has 0 aliphatic rings. The number of hydrogen-bond acceptors (Lipinski definition) is 4. The fourth-order valence-corrected chi connectivity index (χ4v) is 2.34. The molecular formula is C20H40N4O. The smallest absolute Gasteiger partial charge is 0.243 e. The van der Waals surface area contributed by atoms with Crippen LogP contribution in [0.2, 0.25) is 0 Å². The Labute approximate surface area is 154 Å². The van der Waals surface area contributed by atoms with Gasteiger partial charge in [0.2, 0.25) is 5.91 Å². The quantitative estimate of drug-likeness (QED) is 0.195. The largest absolute Gasteiger partial charge is 0.353 e. The van der Waals surface area contributed by atoms with Crippen LogP contribution >= 0.6 is 0 Å². The average Bonchev–Trinajstić information content (AvgIpc) is 2.55. The van der Waals surface area contributed by atoms with E-state index in [9.17, 15) is 4.79 Å². The van der Waals surface area contributed by atoms with E-state index in [0.29, 0.717) is 0 Å². The number of rotatable bonds is 16. The fourth-order valence-electron chi connectivity index (χ4n) is 2.34. The first-order chi connectivity index (χ1) is 12.1. The van der Waals surface area contributed by atoms with Crippen LogP contribution < -0.4 is 21.7 Å². The summed E-state index contributed by atoms with van der Waals surface area (Å²) in [5.74, 6) is 0.0262. The zero-order chi connectivity index (χ0) is 18.8. The van der Waals surface area contributed by atoms with Crippen molar-refractivity contribution < 1.29 is 4.79 Å². The van der Waals surface area contributed by atoms with Gasteiger partial charge in [0.25, 0.3) is 0 Å². The zero-order valence-corrected chi connectivity index (χ0v) is 16.6. The minimum absolute atomic E-state index is 0.0262. The van der Waals surface area contributed by atoms with E-state index in [-0.39, 0.29) is 5.91 Å². The number of allylic oxidation sites excluding steroid dienone is 3. The summed E-state index contributed by atoms with van der Waals surface area (Å²) in [4.78, 5) is 11.8. The first-order valence-corrected chi connectivity index (χ1v) is 9.76. The summed E-state index contributed by atoms with van der Waals surface area (Å²) >= 11 is 0. The van der Waals surface area contributed by atoms with Gasteiger partial charge in [-0.1, -0.05) is 17.2 Å². The van der Waals surface area contributed by atoms with Gasteiger partial charge in [-0.25, -0.2) is 0 Å². The Balaban J connectivity index is 3.44. The minimum Gasteiger partial charge on any atom is -0.353 e. The normalized spacial score (nSPS) is 11.4. The molecule has 0 atom stereocenters. The topological polar surface area (TPSA) is 79.2 Å². The van der Waals surface area contributed by atoms with Crippen LogP contribution in [0.3, 0.4) is 0 Å². The van der Waals surface area contributed by atoms with Crippen molar-refractivity contribution in [3.05, 3.63) is 23.3 Å². The van der Waals surface area contributed by atoms with Crippen LogP contribution in [0.5, 0.6) is 0 Å². The second-order valence-electron chi connectivity index (χ2n) is 6.80. The number of carbonyl (C=O) groups is 1. The van der Waals surface area contributed by atoms with E-state index >= 15 is 0 Å². The monoisotopic (exact) mass is 352 g/mol. The van der Waals surface area contributed by atoms with Gasteiger partial charge in [-0.15, -0.1) is 0 Å². The third-order valence-electron chi connectivity index (χ3n) is 3.81. The molecule has 0 fully saturated rings. The van der Waals surface area contributed by atoms with Crippen LogP contribution in [0.15, 0.2) is 23.3 Å². The maximum Gasteiger partial charge on any atom is 0.243 e. The SMILES string of the molecule is CC(C)=CCC/C(C)=C/C(=O)NCCCNCCCCNCCCN. The summed E-state index contributed by atoms with van der Waals surface area (Å²) < 4.78 is 0. The maximum absolute atomic E-state index is 11.8. The lowest BCUT2D eigenvalue weighted by Gasteiger charge is -2.07. The molecule has 0 saturated heterocycles. The number of hydrogen-bond donors (Lipinski definition) is 4. The molecule has 5 heteroatoms. The zero-order valence-electron chi connectivity index (χ0n) is 16.6. The van der Waals surface area contributed by atoms with Crippen molar-refractivity contribution in [2.45, 2.75) is 59.3 Å². The lowest BCUT2D eigenvalue weighted by atomic mass is 10.1. The van der Waals surface area contributed by atoms with Gasteiger partial charge in [-0.3, -0.25) is 4.79 Å². The molecule has 5 N–H and O–H groups in total. The van der Waals surface area contributed by atoms with E-state index in [2.05, 4.69) is 35.9 Å². The molecule has 0 heterocycles. The molecule has 0 aromatic rings. The van der Waals surface area contributed by atoms with Crippen molar-refractivity contribution >= 4 is 5.91 Å². The molecule has 0 spiro atoms. The molecule has 0 aromatic heterocycles. The highest BCUT2D eigenvalue weighted by atomic mass is 16.1. The molecule has 0 aliphatic heterocycles. The Morgan fingerprint density at radius 1 is 0.880 bits per heavy atom. The lowest BCUT2D eigenvalue weighted by molar-refractivity contribution is -0.116. The highest BCUT2D eigenvalue weighted by Gasteiger charge is 1.98. The van der Waals surface area contributed by atoms with E-state index in [0.717, 1.165) is 70.5 Å². The van der Waals surface area contributed by atoms with Crippen LogP contribution in [0.25, 0.3) is 0 Å². The second-order valence-corrected chi connectivity index (χ2v) is 6.80. The van der Waals surface area contributed by atoms with E-state index in [4.69, 9.17) is 5.73 Å². The van der Waals surface area contributed by atoms with Crippen LogP contribution in [-0.2, 0) is 4.79 Å². The maximum atomic E-state index is 11.8. The highest BCUT2D eigenvalue weighted by molar-refractivity contribution is 5.88. The van der Waals surface area contributed by atoms with Gasteiger partial charge < -0.3 is 21.7 Å². The summed E-state index contributed by atoms with van der Waals surface area (Å²) in [6.45, 7) is 11.8. The molecule has 5 nitrogen and oxygen atoms in total. The number of nitrogens with two attached hydrogens (primary N) is 1. The first-order valence-electron chi connectivity index (χ1n) is 9.76. The number of amides is 1. The Morgan fingerprint density at radius 3 is 2.08 bits per heavy atom. The van der Waals surface area contributed by atoms with Crippen molar-refractivity contribution in [3.63, 3.8) is 0 Å². The Kier molecular flexibility index (Phi) is 16.8. The molecule has 0 saturated carbocycles. The van der Waals surface area contributed by atoms with E-state index in [1.807, 2.05) is 6.92 Å². The van der Waals surface area contributed by atoms with Crippen LogP contribution in [-0.4, -0.2) is 45.2 Å². The van der Waals surface area contributed by atoms with Crippen LogP contribution in [0, 0.1) is 0 Å². The summed E-state index contributed by atoms with van der Waals surface area (Å²) in [6.07, 6.45) is 10.3. The van der Waals surface area contributed by atoms with Gasteiger partial charge in [0.1, 0.15) is 0 Å². The molecular weight excluding hydrogens is 312 g/mol. The Hall–Kier alpha value is -1.17. The molecule has 0 unspecified atom stereocenters. The van der Waals surface area contributed by atoms with Gasteiger partial charge in [0.15, 0.2) is 0 Å². The van der Waals surface area contributed by atoms with Crippen molar-refractivity contribution in [1.29, 1.82) is 0 Å². The van der Waals surface area contributed by atoms with Crippen LogP contribution in [0.1, 0.15) is 59.3 Å². The molecule has 0 bridgehead atoms. The Morgan fingerprint density at radius 2 is 1.48 bits per heavy atom. The van der Waals surface area contributed by atoms with E-state index in [1.54, 1.807) is 6.08 Å². The lowest BCUT2D eigenvalue weighted by Crippen LogP contribution is -2.26. The van der Waals surface area contributed by atoms with Gasteiger partial charge in [0.05, 0.1) is 0 Å². The minimum atomic E-state index is 0.0262. The van der Waals surface area contributed by atoms with Crippen molar-refractivity contribution in [3.8, 4) is 0 Å². The van der Waals surface area contributed by atoms with Crippen molar-refractivity contribution in [1.82, 2.24) is 16.0 Å². The van der Waals surface area contributed by atoms with Gasteiger partial charge >= 0.3 is 0 Å². The second kappa shape index (κ2) is 17.6. The molecule has 25 heavy (non-hydrogen) atoms. The van der Waals surface area contributed by atoms with Gasteiger partial charge in [0, 0.05) is 12.6 Å². The molecule has 0 radical (unpaired) electrons. The third kappa shape index (κ3) is 19.0. The van der Waals surface area contributed by atoms with Crippen LogP contribution in [0.4, 0.5) is 0 Å². The molecule has 0 aliphatic carbocycles. The molecule has 0 aromatic carbocycles. The number of carbonyl (C=O) groups excluding carboxylic acids is 1. The summed E-state index contributed by atoms with van der Waals surface area (Å²) in [5, 5.41) is 9.75. The van der Waals surface area contributed by atoms with Crippen molar-refractivity contribution in [2.75, 3.05) is 39.3 Å². The molecule has 0 rings (SSSR count). The average molecular weight is 353 g/mol. The molecule has 1 amide bonds. The summed E-state index contributed by atoms with van der Waals surface area (Å²) in [6, 6.07) is 0. The third-order valence-corrected chi connectivity index (χ3v) is 3.81. The van der Waals surface area contributed by atoms with Gasteiger partial charge in [-0.2, -0.15) is 0 Å².